The van der Waals surface area contributed by atoms with E-state index in [9.17, 15) is 13.2 Å². The first-order chi connectivity index (χ1) is 12.0. The molecule has 0 aliphatic carbocycles. The number of amides is 1. The molecule has 1 amide bonds. The maximum Gasteiger partial charge on any atom is 0.269 e. The Morgan fingerprint density at radius 2 is 1.68 bits per heavy atom. The highest BCUT2D eigenvalue weighted by atomic mass is 35.5. The van der Waals surface area contributed by atoms with E-state index in [0.717, 1.165) is 4.31 Å². The maximum atomic E-state index is 12.5. The number of fused-ring (bicyclic) bond motifs is 1. The Kier molecular flexibility index (Phi) is 3.59. The lowest BCUT2D eigenvalue weighted by Gasteiger charge is -2.11. The molecule has 0 radical (unpaired) electrons. The Hall–Kier alpha value is -2.71. The zero-order valence-electron chi connectivity index (χ0n) is 12.6. The fourth-order valence-corrected chi connectivity index (χ4v) is 4.31. The molecule has 126 valence electrons. The van der Waals surface area contributed by atoms with Gasteiger partial charge in [-0.05, 0) is 24.3 Å². The number of carbonyl (C=O) groups excluding carboxylic acids is 1. The molecule has 0 bridgehead atoms. The summed E-state index contributed by atoms with van der Waals surface area (Å²) in [6.45, 7) is -0.340. The van der Waals surface area contributed by atoms with E-state index in [2.05, 4.69) is 10.2 Å². The van der Waals surface area contributed by atoms with Gasteiger partial charge in [-0.3, -0.25) is 4.79 Å². The summed E-state index contributed by atoms with van der Waals surface area (Å²) in [6, 6.07) is 12.9. The minimum atomic E-state index is -3.93. The van der Waals surface area contributed by atoms with Crippen LogP contribution in [0.5, 0.6) is 0 Å². The fraction of sp³-hybridized carbons (Fsp3) is 0.0625. The molecule has 2 aromatic carbocycles. The molecular weight excluding hydrogens is 366 g/mol. The summed E-state index contributed by atoms with van der Waals surface area (Å²) in [4.78, 5) is 12.4. The van der Waals surface area contributed by atoms with Crippen LogP contribution < -0.4 is 0 Å². The molecule has 4 rings (SSSR count). The standard InChI is InChI=1S/C16H10ClN3O4S/c17-12-7-3-1-5-10(12)15-19-18-14(24-15)9-20-16(21)11-6-2-4-8-13(11)25(20,22)23/h1-8H,9H2. The zero-order valence-corrected chi connectivity index (χ0v) is 14.2. The lowest BCUT2D eigenvalue weighted by molar-refractivity contribution is 0.0857. The Labute approximate surface area is 147 Å². The molecular formula is C16H10ClN3O4S. The Morgan fingerprint density at radius 1 is 1.00 bits per heavy atom. The van der Waals surface area contributed by atoms with Gasteiger partial charge in [0.05, 0.1) is 16.1 Å². The van der Waals surface area contributed by atoms with Gasteiger partial charge in [-0.2, -0.15) is 0 Å². The summed E-state index contributed by atoms with van der Waals surface area (Å²) in [5.41, 5.74) is 0.662. The maximum absolute atomic E-state index is 12.5. The largest absolute Gasteiger partial charge is 0.419 e. The van der Waals surface area contributed by atoms with Crippen molar-refractivity contribution in [3.05, 3.63) is 65.0 Å². The van der Waals surface area contributed by atoms with E-state index in [1.54, 1.807) is 36.4 Å². The summed E-state index contributed by atoms with van der Waals surface area (Å²) >= 11 is 6.08. The smallest absolute Gasteiger partial charge is 0.269 e. The second-order valence-corrected chi connectivity index (χ2v) is 7.53. The Bertz CT molecular complexity index is 1090. The molecule has 2 heterocycles. The highest BCUT2D eigenvalue weighted by Gasteiger charge is 2.41. The van der Waals surface area contributed by atoms with Crippen LogP contribution in [0.3, 0.4) is 0 Å². The average Bonchev–Trinajstić information content (AvgIpc) is 3.14. The number of benzene rings is 2. The topological polar surface area (TPSA) is 93.4 Å². The number of hydrogen-bond acceptors (Lipinski definition) is 6. The number of aromatic nitrogens is 2. The van der Waals surface area contributed by atoms with Gasteiger partial charge in [0.25, 0.3) is 15.9 Å². The summed E-state index contributed by atoms with van der Waals surface area (Å²) in [5, 5.41) is 8.13. The first-order valence-corrected chi connectivity index (χ1v) is 9.03. The number of nitrogens with zero attached hydrogens (tertiary/aromatic N) is 3. The SMILES string of the molecule is O=C1c2ccccc2S(=O)(=O)N1Cc1nnc(-c2ccccc2Cl)o1. The quantitative estimate of drug-likeness (QED) is 0.698. The molecule has 0 N–H and O–H groups in total. The summed E-state index contributed by atoms with van der Waals surface area (Å²) in [7, 11) is -3.93. The molecule has 0 saturated heterocycles. The Morgan fingerprint density at radius 3 is 2.40 bits per heavy atom. The summed E-state index contributed by atoms with van der Waals surface area (Å²) < 4.78 is 31.3. The van der Waals surface area contributed by atoms with Crippen LogP contribution in [0.1, 0.15) is 16.2 Å². The van der Waals surface area contributed by atoms with Crippen LogP contribution >= 0.6 is 11.6 Å². The van der Waals surface area contributed by atoms with Crippen LogP contribution in [-0.2, 0) is 16.6 Å². The minimum absolute atomic E-state index is 0.000323. The second-order valence-electron chi connectivity index (χ2n) is 5.29. The molecule has 0 spiro atoms. The van der Waals surface area contributed by atoms with E-state index in [1.807, 2.05) is 0 Å². The first-order valence-electron chi connectivity index (χ1n) is 7.22. The van der Waals surface area contributed by atoms with Gasteiger partial charge >= 0.3 is 0 Å². The third-order valence-corrected chi connectivity index (χ3v) is 5.88. The van der Waals surface area contributed by atoms with Gasteiger partial charge in [-0.1, -0.05) is 35.9 Å². The number of carbonyl (C=O) groups is 1. The van der Waals surface area contributed by atoms with Crippen molar-refractivity contribution < 1.29 is 17.6 Å². The number of halogens is 1. The molecule has 0 unspecified atom stereocenters. The van der Waals surface area contributed by atoms with Crippen molar-refractivity contribution in [2.24, 2.45) is 0 Å². The van der Waals surface area contributed by atoms with Crippen molar-refractivity contribution in [3.63, 3.8) is 0 Å². The number of sulfonamides is 1. The zero-order chi connectivity index (χ0) is 17.6. The summed E-state index contributed by atoms with van der Waals surface area (Å²) in [6.07, 6.45) is 0. The molecule has 1 aliphatic rings. The van der Waals surface area contributed by atoms with Gasteiger partial charge in [0.1, 0.15) is 11.4 Å². The third kappa shape index (κ3) is 2.50. The minimum Gasteiger partial charge on any atom is -0.419 e. The molecule has 3 aromatic rings. The van der Waals surface area contributed by atoms with Crippen LogP contribution in [0, 0.1) is 0 Å². The van der Waals surface area contributed by atoms with Crippen molar-refractivity contribution in [2.75, 3.05) is 0 Å². The van der Waals surface area contributed by atoms with Gasteiger partial charge in [-0.25, -0.2) is 12.7 Å². The van der Waals surface area contributed by atoms with Crippen molar-refractivity contribution >= 4 is 27.5 Å². The van der Waals surface area contributed by atoms with E-state index in [1.165, 1.54) is 12.1 Å². The van der Waals surface area contributed by atoms with Gasteiger partial charge in [0.15, 0.2) is 0 Å². The monoisotopic (exact) mass is 375 g/mol. The molecule has 9 heteroatoms. The molecule has 0 saturated carbocycles. The lowest BCUT2D eigenvalue weighted by atomic mass is 10.2. The molecule has 1 aliphatic heterocycles. The van der Waals surface area contributed by atoms with Crippen molar-refractivity contribution in [1.82, 2.24) is 14.5 Å². The Balaban J connectivity index is 1.67. The third-order valence-electron chi connectivity index (χ3n) is 3.76. The first kappa shape index (κ1) is 15.8. The predicted octanol–water partition coefficient (Wildman–Crippen LogP) is 2.73. The fourth-order valence-electron chi connectivity index (χ4n) is 2.57. The van der Waals surface area contributed by atoms with Crippen LogP contribution in [0.4, 0.5) is 0 Å². The summed E-state index contributed by atoms with van der Waals surface area (Å²) in [5.74, 6) is -0.463. The predicted molar refractivity (Wildman–Crippen MR) is 88.2 cm³/mol. The lowest BCUT2D eigenvalue weighted by Crippen LogP contribution is -2.29. The number of hydrogen-bond donors (Lipinski definition) is 0. The van der Waals surface area contributed by atoms with Crippen LogP contribution in [0.2, 0.25) is 5.02 Å². The van der Waals surface area contributed by atoms with Gasteiger partial charge < -0.3 is 4.42 Å². The average molecular weight is 376 g/mol. The van der Waals surface area contributed by atoms with Crippen molar-refractivity contribution in [2.45, 2.75) is 11.4 Å². The van der Waals surface area contributed by atoms with Crippen LogP contribution in [-0.4, -0.2) is 28.8 Å². The molecule has 25 heavy (non-hydrogen) atoms. The van der Waals surface area contributed by atoms with Crippen molar-refractivity contribution in [1.29, 1.82) is 0 Å². The van der Waals surface area contributed by atoms with Crippen molar-refractivity contribution in [3.8, 4) is 11.5 Å². The van der Waals surface area contributed by atoms with E-state index in [0.29, 0.717) is 10.6 Å². The second kappa shape index (κ2) is 5.68. The molecule has 7 nitrogen and oxygen atoms in total. The normalized spacial score (nSPS) is 15.4. The van der Waals surface area contributed by atoms with Gasteiger partial charge in [0.2, 0.25) is 11.8 Å². The highest BCUT2D eigenvalue weighted by Crippen LogP contribution is 2.32. The molecule has 1 aromatic heterocycles. The molecule has 0 atom stereocenters. The van der Waals surface area contributed by atoms with Crippen LogP contribution in [0.15, 0.2) is 57.8 Å². The van der Waals surface area contributed by atoms with Crippen LogP contribution in [0.25, 0.3) is 11.5 Å². The van der Waals surface area contributed by atoms with Gasteiger partial charge in [-0.15, -0.1) is 10.2 Å². The number of rotatable bonds is 3. The van der Waals surface area contributed by atoms with E-state index in [-0.39, 0.29) is 28.8 Å². The van der Waals surface area contributed by atoms with E-state index >= 15 is 0 Å². The van der Waals surface area contributed by atoms with Gasteiger partial charge in [0, 0.05) is 0 Å². The molecule has 0 fully saturated rings. The highest BCUT2D eigenvalue weighted by molar-refractivity contribution is 7.90. The van der Waals surface area contributed by atoms with E-state index in [4.69, 9.17) is 16.0 Å². The van der Waals surface area contributed by atoms with E-state index < -0.39 is 15.9 Å².